The van der Waals surface area contributed by atoms with Gasteiger partial charge in [-0.2, -0.15) is 0 Å². The summed E-state index contributed by atoms with van der Waals surface area (Å²) in [5.74, 6) is 1.78. The third kappa shape index (κ3) is 3.01. The molecule has 1 N–H and O–H groups in total. The molecule has 2 unspecified atom stereocenters. The lowest BCUT2D eigenvalue weighted by Crippen LogP contribution is -2.20. The fourth-order valence-electron chi connectivity index (χ4n) is 2.30. The van der Waals surface area contributed by atoms with Gasteiger partial charge < -0.3 is 10.0 Å². The molecule has 1 fully saturated rings. The fraction of sp³-hybridized carbons (Fsp3) is 0.600. The van der Waals surface area contributed by atoms with Gasteiger partial charge in [0.05, 0.1) is 6.10 Å². The van der Waals surface area contributed by atoms with Crippen LogP contribution in [0, 0.1) is 11.8 Å². The molecule has 1 aliphatic carbocycles. The second kappa shape index (κ2) is 5.09. The largest absolute Gasteiger partial charge is 0.388 e. The first-order valence-electron chi connectivity index (χ1n) is 6.61. The van der Waals surface area contributed by atoms with Crippen molar-refractivity contribution in [3.8, 4) is 0 Å². The molecule has 1 aromatic carbocycles. The van der Waals surface area contributed by atoms with Crippen molar-refractivity contribution in [2.45, 2.75) is 32.8 Å². The predicted octanol–water partition coefficient (Wildman–Crippen LogP) is 3.22. The van der Waals surface area contributed by atoms with Crippen LogP contribution in [0.25, 0.3) is 0 Å². The summed E-state index contributed by atoms with van der Waals surface area (Å²) in [4.78, 5) is 2.32. The van der Waals surface area contributed by atoms with E-state index in [1.807, 2.05) is 19.1 Å². The highest BCUT2D eigenvalue weighted by Crippen LogP contribution is 2.38. The van der Waals surface area contributed by atoms with E-state index in [2.05, 4.69) is 31.0 Å². The van der Waals surface area contributed by atoms with Gasteiger partial charge in [0, 0.05) is 19.3 Å². The Morgan fingerprint density at radius 2 is 1.94 bits per heavy atom. The van der Waals surface area contributed by atoms with Crippen LogP contribution in [-0.2, 0) is 0 Å². The van der Waals surface area contributed by atoms with Crippen molar-refractivity contribution in [1.82, 2.24) is 0 Å². The van der Waals surface area contributed by atoms with Crippen LogP contribution < -0.4 is 4.90 Å². The number of benzene rings is 1. The van der Waals surface area contributed by atoms with Gasteiger partial charge in [0.1, 0.15) is 0 Å². The number of aliphatic hydroxyl groups excluding tert-OH is 1. The molecular formula is C15H23NO. The van der Waals surface area contributed by atoms with E-state index in [4.69, 9.17) is 0 Å². The van der Waals surface area contributed by atoms with E-state index in [9.17, 15) is 5.11 Å². The van der Waals surface area contributed by atoms with Crippen molar-refractivity contribution in [2.24, 2.45) is 11.8 Å². The zero-order valence-electron chi connectivity index (χ0n) is 11.1. The monoisotopic (exact) mass is 233 g/mol. The first kappa shape index (κ1) is 12.4. The van der Waals surface area contributed by atoms with Crippen LogP contribution >= 0.6 is 0 Å². The maximum Gasteiger partial charge on any atom is 0.0787 e. The number of nitrogens with zero attached hydrogens (tertiary/aromatic N) is 1. The molecule has 0 radical (unpaired) electrons. The normalized spacial score (nSPS) is 24.5. The van der Waals surface area contributed by atoms with Gasteiger partial charge in [0.25, 0.3) is 0 Å². The summed E-state index contributed by atoms with van der Waals surface area (Å²) < 4.78 is 0. The van der Waals surface area contributed by atoms with Gasteiger partial charge in [-0.25, -0.2) is 0 Å². The van der Waals surface area contributed by atoms with Gasteiger partial charge >= 0.3 is 0 Å². The van der Waals surface area contributed by atoms with Crippen LogP contribution in [0.5, 0.6) is 0 Å². The quantitative estimate of drug-likeness (QED) is 0.844. The molecule has 94 valence electrons. The van der Waals surface area contributed by atoms with Crippen LogP contribution in [0.15, 0.2) is 24.3 Å². The Balaban J connectivity index is 1.96. The minimum atomic E-state index is -0.321. The number of rotatable bonds is 5. The molecule has 1 aliphatic rings. The fourth-order valence-corrected chi connectivity index (χ4v) is 2.30. The molecule has 2 rings (SSSR count). The summed E-state index contributed by atoms with van der Waals surface area (Å²) in [5, 5.41) is 9.74. The molecule has 0 bridgehead atoms. The molecule has 0 aromatic heterocycles. The Hall–Kier alpha value is -1.02. The first-order chi connectivity index (χ1) is 8.11. The predicted molar refractivity (Wildman–Crippen MR) is 72.2 cm³/mol. The highest BCUT2D eigenvalue weighted by Gasteiger charge is 2.33. The molecular weight excluding hydrogens is 210 g/mol. The van der Waals surface area contributed by atoms with Crippen molar-refractivity contribution in [3.63, 3.8) is 0 Å². The Bertz CT molecular complexity index is 360. The Labute approximate surface area is 104 Å². The molecule has 0 saturated heterocycles. The third-order valence-electron chi connectivity index (χ3n) is 3.89. The molecule has 3 atom stereocenters. The lowest BCUT2D eigenvalue weighted by Gasteiger charge is -2.20. The van der Waals surface area contributed by atoms with Gasteiger partial charge in [-0.05, 0) is 42.4 Å². The molecule has 1 saturated carbocycles. The van der Waals surface area contributed by atoms with Crippen molar-refractivity contribution in [2.75, 3.05) is 18.5 Å². The molecule has 17 heavy (non-hydrogen) atoms. The Morgan fingerprint density at radius 3 is 2.41 bits per heavy atom. The minimum Gasteiger partial charge on any atom is -0.388 e. The van der Waals surface area contributed by atoms with Gasteiger partial charge in [0.2, 0.25) is 0 Å². The van der Waals surface area contributed by atoms with E-state index in [1.54, 1.807) is 0 Å². The lowest BCUT2D eigenvalue weighted by molar-refractivity contribution is 0.173. The molecule has 0 spiro atoms. The van der Waals surface area contributed by atoms with E-state index >= 15 is 0 Å². The van der Waals surface area contributed by atoms with E-state index in [0.717, 1.165) is 30.4 Å². The molecule has 0 amide bonds. The number of anilines is 1. The van der Waals surface area contributed by atoms with Crippen molar-refractivity contribution < 1.29 is 5.11 Å². The second-order valence-electron chi connectivity index (χ2n) is 5.37. The van der Waals surface area contributed by atoms with Crippen LogP contribution in [0.2, 0.25) is 0 Å². The van der Waals surface area contributed by atoms with Gasteiger partial charge in [-0.1, -0.05) is 26.0 Å². The molecule has 0 aliphatic heterocycles. The zero-order valence-corrected chi connectivity index (χ0v) is 11.1. The highest BCUT2D eigenvalue weighted by atomic mass is 16.3. The van der Waals surface area contributed by atoms with Gasteiger partial charge in [-0.15, -0.1) is 0 Å². The molecule has 2 heteroatoms. The summed E-state index contributed by atoms with van der Waals surface area (Å²) in [6.07, 6.45) is 1.82. The molecule has 1 aromatic rings. The van der Waals surface area contributed by atoms with E-state index in [1.165, 1.54) is 12.1 Å². The average molecular weight is 233 g/mol. The third-order valence-corrected chi connectivity index (χ3v) is 3.89. The van der Waals surface area contributed by atoms with Crippen molar-refractivity contribution >= 4 is 5.69 Å². The lowest BCUT2D eigenvalue weighted by atomic mass is 10.1. The summed E-state index contributed by atoms with van der Waals surface area (Å²) in [7, 11) is 2.15. The second-order valence-corrected chi connectivity index (χ2v) is 5.37. The van der Waals surface area contributed by atoms with E-state index in [0.29, 0.717) is 0 Å². The first-order valence-corrected chi connectivity index (χ1v) is 6.61. The highest BCUT2D eigenvalue weighted by molar-refractivity contribution is 5.47. The average Bonchev–Trinajstić information content (AvgIpc) is 3.04. The van der Waals surface area contributed by atoms with Crippen LogP contribution in [0.3, 0.4) is 0 Å². The summed E-state index contributed by atoms with van der Waals surface area (Å²) >= 11 is 0. The zero-order chi connectivity index (χ0) is 12.4. The van der Waals surface area contributed by atoms with E-state index < -0.39 is 0 Å². The number of aliphatic hydroxyl groups is 1. The van der Waals surface area contributed by atoms with Crippen LogP contribution in [0.1, 0.15) is 38.4 Å². The standard InChI is InChI=1S/C15H23NO/c1-4-15(17)12-5-7-14(8-6-12)16(3)10-13-9-11(13)2/h5-8,11,13,15,17H,4,9-10H2,1-3H3/t11?,13?,15-/m0/s1. The van der Waals surface area contributed by atoms with Crippen molar-refractivity contribution in [3.05, 3.63) is 29.8 Å². The smallest absolute Gasteiger partial charge is 0.0787 e. The molecule has 2 nitrogen and oxygen atoms in total. The van der Waals surface area contributed by atoms with Gasteiger partial charge in [0.15, 0.2) is 0 Å². The van der Waals surface area contributed by atoms with E-state index in [-0.39, 0.29) is 6.10 Å². The number of hydrogen-bond donors (Lipinski definition) is 1. The Kier molecular flexibility index (Phi) is 3.72. The maximum atomic E-state index is 9.74. The summed E-state index contributed by atoms with van der Waals surface area (Å²) in [5.41, 5.74) is 2.26. The summed E-state index contributed by atoms with van der Waals surface area (Å²) in [6.45, 7) is 5.47. The van der Waals surface area contributed by atoms with Crippen LogP contribution in [-0.4, -0.2) is 18.7 Å². The van der Waals surface area contributed by atoms with Gasteiger partial charge in [-0.3, -0.25) is 0 Å². The molecule has 0 heterocycles. The minimum absolute atomic E-state index is 0.321. The Morgan fingerprint density at radius 1 is 1.35 bits per heavy atom. The summed E-state index contributed by atoms with van der Waals surface area (Å²) in [6, 6.07) is 8.30. The van der Waals surface area contributed by atoms with Crippen molar-refractivity contribution in [1.29, 1.82) is 0 Å². The number of hydrogen-bond acceptors (Lipinski definition) is 2. The maximum absolute atomic E-state index is 9.74. The SMILES string of the molecule is CC[C@H](O)c1ccc(N(C)CC2CC2C)cc1. The van der Waals surface area contributed by atoms with Crippen LogP contribution in [0.4, 0.5) is 5.69 Å². The topological polar surface area (TPSA) is 23.5 Å².